The van der Waals surface area contributed by atoms with Crippen molar-refractivity contribution in [1.29, 1.82) is 0 Å². The monoisotopic (exact) mass is 269 g/mol. The summed E-state index contributed by atoms with van der Waals surface area (Å²) in [6.45, 7) is 4.83. The summed E-state index contributed by atoms with van der Waals surface area (Å²) in [5, 5.41) is 6.04. The van der Waals surface area contributed by atoms with Gasteiger partial charge in [-0.3, -0.25) is 9.59 Å². The highest BCUT2D eigenvalue weighted by atomic mass is 16.5. The number of hydrogen-bond acceptors (Lipinski definition) is 4. The molecule has 2 saturated heterocycles. The zero-order chi connectivity index (χ0) is 13.7. The Morgan fingerprint density at radius 3 is 3.00 bits per heavy atom. The number of nitrogens with one attached hydrogen (secondary N) is 2. The van der Waals surface area contributed by atoms with Crippen LogP contribution < -0.4 is 10.6 Å². The third kappa shape index (κ3) is 3.45. The second-order valence-corrected chi connectivity index (χ2v) is 5.06. The van der Waals surface area contributed by atoms with Crippen LogP contribution in [0.2, 0.25) is 0 Å². The topological polar surface area (TPSA) is 70.7 Å². The molecular weight excluding hydrogens is 246 g/mol. The van der Waals surface area contributed by atoms with E-state index in [-0.39, 0.29) is 17.9 Å². The standard InChI is InChI=1S/C13H23N3O3/c1-2-5-15-12(17)11-9-19-8-7-16(11)13(18)10-4-3-6-14-10/h10-11,14H,2-9H2,1H3,(H,15,17)/t10-,11?/m1/s1. The summed E-state index contributed by atoms with van der Waals surface area (Å²) in [5.41, 5.74) is 0. The normalized spacial score (nSPS) is 27.3. The number of carbonyl (C=O) groups is 2. The fraction of sp³-hybridized carbons (Fsp3) is 0.846. The molecule has 2 heterocycles. The van der Waals surface area contributed by atoms with Crippen molar-refractivity contribution < 1.29 is 14.3 Å². The highest BCUT2D eigenvalue weighted by Gasteiger charge is 2.36. The van der Waals surface area contributed by atoms with E-state index in [1.165, 1.54) is 0 Å². The minimum absolute atomic E-state index is 0.0393. The van der Waals surface area contributed by atoms with Crippen LogP contribution in [0.15, 0.2) is 0 Å². The van der Waals surface area contributed by atoms with Crippen molar-refractivity contribution in [2.24, 2.45) is 0 Å². The number of ether oxygens (including phenoxy) is 1. The van der Waals surface area contributed by atoms with Gasteiger partial charge in [0.25, 0.3) is 0 Å². The average molecular weight is 269 g/mol. The zero-order valence-electron chi connectivity index (χ0n) is 11.5. The first-order valence-corrected chi connectivity index (χ1v) is 7.13. The van der Waals surface area contributed by atoms with Crippen molar-refractivity contribution >= 4 is 11.8 Å². The predicted molar refractivity (Wildman–Crippen MR) is 70.6 cm³/mol. The molecule has 0 aromatic heterocycles. The summed E-state index contributed by atoms with van der Waals surface area (Å²) in [6.07, 6.45) is 2.77. The van der Waals surface area contributed by atoms with Crippen molar-refractivity contribution in [3.05, 3.63) is 0 Å². The van der Waals surface area contributed by atoms with E-state index in [4.69, 9.17) is 4.74 Å². The van der Waals surface area contributed by atoms with E-state index in [1.54, 1.807) is 4.90 Å². The fourth-order valence-corrected chi connectivity index (χ4v) is 2.55. The van der Waals surface area contributed by atoms with Gasteiger partial charge in [0.15, 0.2) is 0 Å². The molecule has 19 heavy (non-hydrogen) atoms. The Labute approximate surface area is 113 Å². The van der Waals surface area contributed by atoms with Crippen molar-refractivity contribution in [2.75, 3.05) is 32.8 Å². The van der Waals surface area contributed by atoms with Crippen LogP contribution in [-0.2, 0) is 14.3 Å². The second-order valence-electron chi connectivity index (χ2n) is 5.06. The van der Waals surface area contributed by atoms with E-state index in [0.29, 0.717) is 26.3 Å². The third-order valence-electron chi connectivity index (χ3n) is 3.62. The van der Waals surface area contributed by atoms with Gasteiger partial charge in [-0.05, 0) is 25.8 Å². The molecule has 2 N–H and O–H groups in total. The van der Waals surface area contributed by atoms with Gasteiger partial charge in [-0.1, -0.05) is 6.92 Å². The predicted octanol–water partition coefficient (Wildman–Crippen LogP) is -0.508. The minimum atomic E-state index is -0.477. The lowest BCUT2D eigenvalue weighted by Crippen LogP contribution is -2.59. The van der Waals surface area contributed by atoms with Crippen LogP contribution >= 0.6 is 0 Å². The molecule has 0 saturated carbocycles. The first-order chi connectivity index (χ1) is 9.24. The van der Waals surface area contributed by atoms with Gasteiger partial charge >= 0.3 is 0 Å². The minimum Gasteiger partial charge on any atom is -0.377 e. The molecule has 6 nitrogen and oxygen atoms in total. The van der Waals surface area contributed by atoms with Crippen LogP contribution in [0, 0.1) is 0 Å². The fourth-order valence-electron chi connectivity index (χ4n) is 2.55. The van der Waals surface area contributed by atoms with Gasteiger partial charge in [-0.15, -0.1) is 0 Å². The van der Waals surface area contributed by atoms with Gasteiger partial charge in [-0.2, -0.15) is 0 Å². The second kappa shape index (κ2) is 6.86. The van der Waals surface area contributed by atoms with E-state index in [2.05, 4.69) is 10.6 Å². The lowest BCUT2D eigenvalue weighted by Gasteiger charge is -2.36. The van der Waals surface area contributed by atoms with Gasteiger partial charge < -0.3 is 20.3 Å². The van der Waals surface area contributed by atoms with Crippen molar-refractivity contribution in [1.82, 2.24) is 15.5 Å². The molecule has 2 amide bonds. The van der Waals surface area contributed by atoms with E-state index >= 15 is 0 Å². The average Bonchev–Trinajstić information content (AvgIpc) is 2.98. The number of amides is 2. The molecule has 2 aliphatic heterocycles. The maximum Gasteiger partial charge on any atom is 0.245 e. The van der Waals surface area contributed by atoms with Crippen molar-refractivity contribution in [3.8, 4) is 0 Å². The summed E-state index contributed by atoms with van der Waals surface area (Å²) in [4.78, 5) is 26.2. The van der Waals surface area contributed by atoms with Crippen LogP contribution in [0.4, 0.5) is 0 Å². The number of morpholine rings is 1. The van der Waals surface area contributed by atoms with Crippen LogP contribution in [0.3, 0.4) is 0 Å². The van der Waals surface area contributed by atoms with Crippen molar-refractivity contribution in [2.45, 2.75) is 38.3 Å². The summed E-state index contributed by atoms with van der Waals surface area (Å²) in [7, 11) is 0. The molecule has 2 fully saturated rings. The van der Waals surface area contributed by atoms with Crippen LogP contribution in [-0.4, -0.2) is 61.6 Å². The van der Waals surface area contributed by atoms with E-state index < -0.39 is 6.04 Å². The maximum absolute atomic E-state index is 12.4. The van der Waals surface area contributed by atoms with Gasteiger partial charge in [-0.25, -0.2) is 0 Å². The molecule has 6 heteroatoms. The lowest BCUT2D eigenvalue weighted by molar-refractivity contribution is -0.149. The number of carbonyl (C=O) groups excluding carboxylic acids is 2. The van der Waals surface area contributed by atoms with Crippen LogP contribution in [0.5, 0.6) is 0 Å². The molecular formula is C13H23N3O3. The van der Waals surface area contributed by atoms with Crippen molar-refractivity contribution in [3.63, 3.8) is 0 Å². The summed E-state index contributed by atoms with van der Waals surface area (Å²) >= 11 is 0. The Hall–Kier alpha value is -1.14. The van der Waals surface area contributed by atoms with Crippen LogP contribution in [0.25, 0.3) is 0 Å². The van der Waals surface area contributed by atoms with E-state index in [1.807, 2.05) is 6.92 Å². The Morgan fingerprint density at radius 2 is 2.32 bits per heavy atom. The number of nitrogens with zero attached hydrogens (tertiary/aromatic N) is 1. The molecule has 108 valence electrons. The SMILES string of the molecule is CCCNC(=O)C1COCCN1C(=O)[C@H]1CCCN1. The van der Waals surface area contributed by atoms with Crippen LogP contribution in [0.1, 0.15) is 26.2 Å². The first-order valence-electron chi connectivity index (χ1n) is 7.13. The zero-order valence-corrected chi connectivity index (χ0v) is 11.5. The summed E-state index contributed by atoms with van der Waals surface area (Å²) in [6, 6.07) is -0.602. The van der Waals surface area contributed by atoms with E-state index in [9.17, 15) is 9.59 Å². The van der Waals surface area contributed by atoms with Gasteiger partial charge in [0.2, 0.25) is 11.8 Å². The Morgan fingerprint density at radius 1 is 1.47 bits per heavy atom. The molecule has 0 aliphatic carbocycles. The van der Waals surface area contributed by atoms with Gasteiger partial charge in [0, 0.05) is 13.1 Å². The lowest BCUT2D eigenvalue weighted by atomic mass is 10.1. The smallest absolute Gasteiger partial charge is 0.245 e. The molecule has 2 aliphatic rings. The molecule has 0 spiro atoms. The molecule has 2 atom stereocenters. The quantitative estimate of drug-likeness (QED) is 0.721. The van der Waals surface area contributed by atoms with Gasteiger partial charge in [0.05, 0.1) is 19.3 Å². The molecule has 0 aromatic rings. The molecule has 0 aromatic carbocycles. The van der Waals surface area contributed by atoms with E-state index in [0.717, 1.165) is 25.8 Å². The Balaban J connectivity index is 1.98. The molecule has 0 radical (unpaired) electrons. The summed E-state index contributed by atoms with van der Waals surface area (Å²) < 4.78 is 5.35. The third-order valence-corrected chi connectivity index (χ3v) is 3.62. The largest absolute Gasteiger partial charge is 0.377 e. The summed E-state index contributed by atoms with van der Waals surface area (Å²) in [5.74, 6) is -0.0645. The maximum atomic E-state index is 12.4. The molecule has 1 unspecified atom stereocenters. The first kappa shape index (κ1) is 14.3. The Kier molecular flexibility index (Phi) is 5.15. The highest BCUT2D eigenvalue weighted by Crippen LogP contribution is 2.14. The number of rotatable bonds is 4. The molecule has 0 bridgehead atoms. The highest BCUT2D eigenvalue weighted by molar-refractivity contribution is 5.90. The van der Waals surface area contributed by atoms with Gasteiger partial charge in [0.1, 0.15) is 6.04 Å². The Bertz CT molecular complexity index is 329. The molecule has 2 rings (SSSR count). The number of hydrogen-bond donors (Lipinski definition) is 2.